The predicted molar refractivity (Wildman–Crippen MR) is 89.2 cm³/mol. The molecule has 0 bridgehead atoms. The second-order valence-electron chi connectivity index (χ2n) is 4.61. The average molecular weight is 288 g/mol. The molecule has 108 valence electrons. The fourth-order valence-corrected chi connectivity index (χ4v) is 1.68. The van der Waals surface area contributed by atoms with Gasteiger partial charge in [-0.2, -0.15) is 0 Å². The molecule has 0 atom stereocenters. The molecule has 0 amide bonds. The van der Waals surface area contributed by atoms with Gasteiger partial charge in [0.15, 0.2) is 0 Å². The van der Waals surface area contributed by atoms with E-state index in [4.69, 9.17) is 4.74 Å². The van der Waals surface area contributed by atoms with E-state index in [1.165, 1.54) is 5.56 Å². The van der Waals surface area contributed by atoms with E-state index in [1.807, 2.05) is 57.2 Å². The van der Waals surface area contributed by atoms with E-state index in [9.17, 15) is 0 Å². The van der Waals surface area contributed by atoms with Gasteiger partial charge in [0.05, 0.1) is 6.10 Å². The summed E-state index contributed by atoms with van der Waals surface area (Å²) in [4.78, 5) is 0. The van der Waals surface area contributed by atoms with Crippen molar-refractivity contribution in [2.45, 2.75) is 26.9 Å². The molecule has 2 aromatic carbocycles. The van der Waals surface area contributed by atoms with Crippen LogP contribution in [0.1, 0.15) is 20.8 Å². The molecule has 20 heavy (non-hydrogen) atoms. The SMILES string of the molecule is CC(C)Oc1ccccc1-c1ccccc1.CCO[SiH3]. The molecular weight excluding hydrogens is 264 g/mol. The highest BCUT2D eigenvalue weighted by atomic mass is 28.2. The van der Waals surface area contributed by atoms with Crippen LogP contribution in [0.2, 0.25) is 0 Å². The first-order valence-corrected chi connectivity index (χ1v) is 7.80. The highest BCUT2D eigenvalue weighted by molar-refractivity contribution is 5.97. The fourth-order valence-electron chi connectivity index (χ4n) is 1.68. The number of ether oxygens (including phenoxy) is 1. The first-order valence-electron chi connectivity index (χ1n) is 6.99. The number of benzene rings is 2. The number of rotatable bonds is 4. The summed E-state index contributed by atoms with van der Waals surface area (Å²) < 4.78 is 10.5. The maximum atomic E-state index is 5.80. The molecule has 2 nitrogen and oxygen atoms in total. The Hall–Kier alpha value is -1.58. The minimum Gasteiger partial charge on any atom is -0.490 e. The topological polar surface area (TPSA) is 18.5 Å². The van der Waals surface area contributed by atoms with E-state index in [0.717, 1.165) is 28.4 Å². The third-order valence-corrected chi connectivity index (χ3v) is 3.20. The van der Waals surface area contributed by atoms with Crippen molar-refractivity contribution in [1.82, 2.24) is 0 Å². The van der Waals surface area contributed by atoms with Crippen molar-refractivity contribution >= 4 is 10.5 Å². The summed E-state index contributed by atoms with van der Waals surface area (Å²) in [6, 6.07) is 18.5. The molecule has 0 aliphatic heterocycles. The van der Waals surface area contributed by atoms with E-state index in [2.05, 4.69) is 22.6 Å². The maximum absolute atomic E-state index is 5.80. The molecule has 0 saturated carbocycles. The normalized spacial score (nSPS) is 10.0. The Bertz CT molecular complexity index is 481. The Balaban J connectivity index is 0.000000444. The van der Waals surface area contributed by atoms with E-state index < -0.39 is 0 Å². The van der Waals surface area contributed by atoms with Gasteiger partial charge in [-0.25, -0.2) is 0 Å². The summed E-state index contributed by atoms with van der Waals surface area (Å²) in [6.07, 6.45) is 0.199. The third-order valence-electron chi connectivity index (χ3n) is 2.62. The Kier molecular flexibility index (Phi) is 7.69. The summed E-state index contributed by atoms with van der Waals surface area (Å²) >= 11 is 0. The molecule has 2 rings (SSSR count). The molecule has 0 aliphatic rings. The zero-order chi connectivity index (χ0) is 14.8. The van der Waals surface area contributed by atoms with Gasteiger partial charge in [0.2, 0.25) is 0 Å². The van der Waals surface area contributed by atoms with Crippen LogP contribution in [0.25, 0.3) is 11.1 Å². The molecule has 2 aromatic rings. The number of hydrogen-bond donors (Lipinski definition) is 0. The molecule has 0 aromatic heterocycles. The molecule has 0 aliphatic carbocycles. The van der Waals surface area contributed by atoms with Crippen LogP contribution >= 0.6 is 0 Å². The van der Waals surface area contributed by atoms with E-state index in [1.54, 1.807) is 0 Å². The zero-order valence-electron chi connectivity index (χ0n) is 12.8. The molecule has 0 saturated heterocycles. The first-order chi connectivity index (χ1) is 9.69. The summed E-state index contributed by atoms with van der Waals surface area (Å²) in [6.45, 7) is 6.96. The van der Waals surface area contributed by atoms with E-state index in [-0.39, 0.29) is 6.10 Å². The lowest BCUT2D eigenvalue weighted by molar-refractivity contribution is 0.243. The largest absolute Gasteiger partial charge is 0.490 e. The highest BCUT2D eigenvalue weighted by Gasteiger charge is 2.06. The van der Waals surface area contributed by atoms with Gasteiger partial charge in [-0.1, -0.05) is 48.5 Å². The molecule has 0 heterocycles. The van der Waals surface area contributed by atoms with Gasteiger partial charge < -0.3 is 9.16 Å². The minimum atomic E-state index is 0.199. The number of hydrogen-bond acceptors (Lipinski definition) is 2. The molecule has 0 unspecified atom stereocenters. The van der Waals surface area contributed by atoms with E-state index in [0.29, 0.717) is 0 Å². The minimum absolute atomic E-state index is 0.199. The van der Waals surface area contributed by atoms with Crippen molar-refractivity contribution in [1.29, 1.82) is 0 Å². The second-order valence-corrected chi connectivity index (χ2v) is 5.18. The van der Waals surface area contributed by atoms with Gasteiger partial charge in [-0.15, -0.1) is 0 Å². The maximum Gasteiger partial charge on any atom is 0.145 e. The van der Waals surface area contributed by atoms with Crippen LogP contribution in [0.4, 0.5) is 0 Å². The lowest BCUT2D eigenvalue weighted by Crippen LogP contribution is -2.06. The fraction of sp³-hybridized carbons (Fsp3) is 0.294. The third kappa shape index (κ3) is 5.59. The summed E-state index contributed by atoms with van der Waals surface area (Å²) in [7, 11) is 0.890. The van der Waals surface area contributed by atoms with Gasteiger partial charge in [0, 0.05) is 12.2 Å². The van der Waals surface area contributed by atoms with Gasteiger partial charge in [-0.05, 0) is 32.4 Å². The molecule has 0 radical (unpaired) electrons. The Labute approximate surface area is 125 Å². The molecule has 0 spiro atoms. The van der Waals surface area contributed by atoms with Crippen molar-refractivity contribution in [2.24, 2.45) is 0 Å². The summed E-state index contributed by atoms with van der Waals surface area (Å²) in [5.41, 5.74) is 2.34. The molecule has 0 fully saturated rings. The monoisotopic (exact) mass is 288 g/mol. The van der Waals surface area contributed by atoms with Gasteiger partial charge in [0.1, 0.15) is 16.2 Å². The first kappa shape index (κ1) is 16.5. The van der Waals surface area contributed by atoms with Crippen molar-refractivity contribution in [2.75, 3.05) is 6.61 Å². The van der Waals surface area contributed by atoms with Crippen LogP contribution in [-0.2, 0) is 4.43 Å². The Morgan fingerprint density at radius 2 is 1.50 bits per heavy atom. The van der Waals surface area contributed by atoms with Crippen molar-refractivity contribution in [3.05, 3.63) is 54.6 Å². The van der Waals surface area contributed by atoms with Crippen LogP contribution in [0, 0.1) is 0 Å². The Morgan fingerprint density at radius 3 is 2.05 bits per heavy atom. The Morgan fingerprint density at radius 1 is 0.950 bits per heavy atom. The van der Waals surface area contributed by atoms with Gasteiger partial charge >= 0.3 is 0 Å². The van der Waals surface area contributed by atoms with Crippen LogP contribution in [0.3, 0.4) is 0 Å². The number of para-hydroxylation sites is 1. The van der Waals surface area contributed by atoms with Gasteiger partial charge in [-0.3, -0.25) is 0 Å². The van der Waals surface area contributed by atoms with Crippen molar-refractivity contribution < 1.29 is 9.16 Å². The lowest BCUT2D eigenvalue weighted by atomic mass is 10.0. The van der Waals surface area contributed by atoms with Crippen LogP contribution in [0.15, 0.2) is 54.6 Å². The van der Waals surface area contributed by atoms with Crippen molar-refractivity contribution in [3.63, 3.8) is 0 Å². The highest BCUT2D eigenvalue weighted by Crippen LogP contribution is 2.29. The van der Waals surface area contributed by atoms with Gasteiger partial charge in [0.25, 0.3) is 0 Å². The lowest BCUT2D eigenvalue weighted by Gasteiger charge is -2.14. The van der Waals surface area contributed by atoms with Crippen LogP contribution < -0.4 is 4.74 Å². The second kappa shape index (κ2) is 9.34. The van der Waals surface area contributed by atoms with E-state index >= 15 is 0 Å². The molecule has 3 heteroatoms. The average Bonchev–Trinajstić information content (AvgIpc) is 2.48. The molecular formula is C17H24O2Si. The van der Waals surface area contributed by atoms with Crippen LogP contribution in [0.5, 0.6) is 5.75 Å². The van der Waals surface area contributed by atoms with Crippen LogP contribution in [-0.4, -0.2) is 23.2 Å². The summed E-state index contributed by atoms with van der Waals surface area (Å²) in [5.74, 6) is 0.948. The molecule has 0 N–H and O–H groups in total. The summed E-state index contributed by atoms with van der Waals surface area (Å²) in [5, 5.41) is 0. The quantitative estimate of drug-likeness (QED) is 0.802. The smallest absolute Gasteiger partial charge is 0.145 e. The predicted octanol–water partition coefficient (Wildman–Crippen LogP) is 3.44. The standard InChI is InChI=1S/C15H16O.C2H8OSi/c1-12(2)16-15-11-7-6-10-14(15)13-8-4-3-5-9-13;1-2-3-4/h3-12H,1-2H3;2H2,1,4H3. The zero-order valence-corrected chi connectivity index (χ0v) is 14.8. The van der Waals surface area contributed by atoms with Crippen molar-refractivity contribution in [3.8, 4) is 16.9 Å².